The normalized spacial score (nSPS) is 13.0. The van der Waals surface area contributed by atoms with Crippen molar-refractivity contribution in [3.05, 3.63) is 108 Å². The zero-order valence-corrected chi connectivity index (χ0v) is 18.7. The Balaban J connectivity index is 0.000000225. The van der Waals surface area contributed by atoms with Gasteiger partial charge in [0.2, 0.25) is 0 Å². The Labute approximate surface area is 183 Å². The van der Waals surface area contributed by atoms with Crippen LogP contribution in [0.2, 0.25) is 0 Å². The Morgan fingerprint density at radius 2 is 0.633 bits per heavy atom. The molecule has 0 heterocycles. The molecule has 3 heteroatoms. The summed E-state index contributed by atoms with van der Waals surface area (Å²) in [4.78, 5) is 0. The average molecular weight is 406 g/mol. The molecule has 30 heavy (non-hydrogen) atoms. The van der Waals surface area contributed by atoms with Gasteiger partial charge < -0.3 is 17.2 Å². The smallest absolute Gasteiger partial charge is 0.00509 e. The molecular weight excluding hydrogens is 366 g/mol. The molecule has 0 aliphatic heterocycles. The lowest BCUT2D eigenvalue weighted by Gasteiger charge is -2.02. The Kier molecular flexibility index (Phi) is 13.1. The van der Waals surface area contributed by atoms with Crippen molar-refractivity contribution in [3.63, 3.8) is 0 Å². The lowest BCUT2D eigenvalue weighted by Crippen LogP contribution is -2.17. The maximum Gasteiger partial charge on any atom is 0.00509 e. The fraction of sp³-hybridized carbons (Fsp3) is 0.333. The molecule has 0 amide bonds. The maximum absolute atomic E-state index is 5.62. The first-order valence-corrected chi connectivity index (χ1v) is 10.7. The van der Waals surface area contributed by atoms with Crippen LogP contribution in [0.5, 0.6) is 0 Å². The highest BCUT2D eigenvalue weighted by Gasteiger charge is 1.95. The number of rotatable bonds is 6. The van der Waals surface area contributed by atoms with E-state index in [0.29, 0.717) is 0 Å². The Hall–Kier alpha value is -2.46. The minimum Gasteiger partial charge on any atom is -0.328 e. The third-order valence-corrected chi connectivity index (χ3v) is 4.20. The highest BCUT2D eigenvalue weighted by atomic mass is 14.6. The largest absolute Gasteiger partial charge is 0.328 e. The first-order valence-electron chi connectivity index (χ1n) is 10.7. The molecule has 0 saturated heterocycles. The van der Waals surface area contributed by atoms with Crippen LogP contribution in [-0.4, -0.2) is 18.1 Å². The summed E-state index contributed by atoms with van der Waals surface area (Å²) < 4.78 is 0. The fourth-order valence-corrected chi connectivity index (χ4v) is 2.96. The quantitative estimate of drug-likeness (QED) is 0.555. The number of hydrogen-bond acceptors (Lipinski definition) is 3. The van der Waals surface area contributed by atoms with Gasteiger partial charge >= 0.3 is 0 Å². The van der Waals surface area contributed by atoms with E-state index >= 15 is 0 Å². The predicted octanol–water partition coefficient (Wildman–Crippen LogP) is 4.73. The molecule has 6 N–H and O–H groups in total. The van der Waals surface area contributed by atoms with Crippen LogP contribution in [-0.2, 0) is 19.3 Å². The van der Waals surface area contributed by atoms with Crippen LogP contribution >= 0.6 is 0 Å². The number of benzene rings is 3. The Morgan fingerprint density at radius 3 is 0.800 bits per heavy atom. The molecule has 3 aromatic carbocycles. The zero-order chi connectivity index (χ0) is 22.2. The molecule has 3 atom stereocenters. The third kappa shape index (κ3) is 13.7. The van der Waals surface area contributed by atoms with Gasteiger partial charge in [0.25, 0.3) is 0 Å². The van der Waals surface area contributed by atoms with Gasteiger partial charge in [-0.3, -0.25) is 0 Å². The zero-order valence-electron chi connectivity index (χ0n) is 18.7. The molecule has 0 aliphatic rings. The number of hydrogen-bond donors (Lipinski definition) is 3. The summed E-state index contributed by atoms with van der Waals surface area (Å²) in [6.45, 7) is 6.06. The molecule has 0 radical (unpaired) electrons. The molecule has 1 unspecified atom stereocenters. The molecule has 3 aromatic rings. The van der Waals surface area contributed by atoms with Gasteiger partial charge in [-0.15, -0.1) is 0 Å². The molecule has 0 aromatic heterocycles. The first kappa shape index (κ1) is 25.6. The average Bonchev–Trinajstić information content (AvgIpc) is 2.70. The second-order valence-corrected chi connectivity index (χ2v) is 8.00. The summed E-state index contributed by atoms with van der Waals surface area (Å²) in [5.41, 5.74) is 20.8. The maximum atomic E-state index is 5.62. The SMILES string of the molecule is CC(N)Cc1ccccc1.C[C@@H](N)Cc1ccccc1.C[C@H](N)Cc1ccccc1. The van der Waals surface area contributed by atoms with Crippen molar-refractivity contribution in [3.8, 4) is 0 Å². The molecule has 0 spiro atoms. The van der Waals surface area contributed by atoms with E-state index in [2.05, 4.69) is 36.4 Å². The van der Waals surface area contributed by atoms with Crippen LogP contribution in [0.25, 0.3) is 0 Å². The van der Waals surface area contributed by atoms with Crippen molar-refractivity contribution >= 4 is 0 Å². The second kappa shape index (κ2) is 15.4. The van der Waals surface area contributed by atoms with E-state index in [1.54, 1.807) is 0 Å². The van der Waals surface area contributed by atoms with Gasteiger partial charge in [0.1, 0.15) is 0 Å². The summed E-state index contributed by atoms with van der Waals surface area (Å²) in [5, 5.41) is 0. The summed E-state index contributed by atoms with van der Waals surface area (Å²) in [7, 11) is 0. The van der Waals surface area contributed by atoms with Gasteiger partial charge in [-0.2, -0.15) is 0 Å². The summed E-state index contributed by atoms with van der Waals surface area (Å²) in [6, 6.07) is 31.7. The Bertz CT molecular complexity index is 646. The van der Waals surface area contributed by atoms with Crippen molar-refractivity contribution in [2.24, 2.45) is 17.2 Å². The molecule has 0 bridgehead atoms. The van der Waals surface area contributed by atoms with E-state index in [4.69, 9.17) is 17.2 Å². The molecule has 3 nitrogen and oxygen atoms in total. The molecule has 0 fully saturated rings. The van der Waals surface area contributed by atoms with Gasteiger partial charge in [0.05, 0.1) is 0 Å². The van der Waals surface area contributed by atoms with Gasteiger partial charge in [-0.25, -0.2) is 0 Å². The minimum absolute atomic E-state index is 0.266. The molecule has 0 aliphatic carbocycles. The molecule has 3 rings (SSSR count). The van der Waals surface area contributed by atoms with Crippen LogP contribution < -0.4 is 17.2 Å². The van der Waals surface area contributed by atoms with E-state index in [1.807, 2.05) is 75.4 Å². The lowest BCUT2D eigenvalue weighted by atomic mass is 10.1. The van der Waals surface area contributed by atoms with Gasteiger partial charge in [-0.05, 0) is 56.7 Å². The fourth-order valence-electron chi connectivity index (χ4n) is 2.96. The van der Waals surface area contributed by atoms with Crippen molar-refractivity contribution in [1.29, 1.82) is 0 Å². The lowest BCUT2D eigenvalue weighted by molar-refractivity contribution is 0.738. The van der Waals surface area contributed by atoms with Crippen LogP contribution in [0.1, 0.15) is 37.5 Å². The van der Waals surface area contributed by atoms with Crippen molar-refractivity contribution in [1.82, 2.24) is 0 Å². The third-order valence-electron chi connectivity index (χ3n) is 4.20. The molecular formula is C27H39N3. The number of nitrogens with two attached hydrogens (primary N) is 3. The summed E-state index contributed by atoms with van der Waals surface area (Å²) in [5.74, 6) is 0. The van der Waals surface area contributed by atoms with Gasteiger partial charge in [0.15, 0.2) is 0 Å². The highest BCUT2D eigenvalue weighted by Crippen LogP contribution is 2.02. The van der Waals surface area contributed by atoms with Gasteiger partial charge in [-0.1, -0.05) is 91.0 Å². The second-order valence-electron chi connectivity index (χ2n) is 8.00. The predicted molar refractivity (Wildman–Crippen MR) is 131 cm³/mol. The van der Waals surface area contributed by atoms with Crippen LogP contribution in [0.3, 0.4) is 0 Å². The Morgan fingerprint density at radius 1 is 0.433 bits per heavy atom. The molecule has 0 saturated carbocycles. The summed E-state index contributed by atoms with van der Waals surface area (Å²) >= 11 is 0. The van der Waals surface area contributed by atoms with Crippen LogP contribution in [0.15, 0.2) is 91.0 Å². The monoisotopic (exact) mass is 405 g/mol. The topological polar surface area (TPSA) is 78.1 Å². The highest BCUT2D eigenvalue weighted by molar-refractivity contribution is 5.16. The van der Waals surface area contributed by atoms with E-state index < -0.39 is 0 Å². The molecule has 162 valence electrons. The minimum atomic E-state index is 0.266. The first-order chi connectivity index (χ1) is 14.4. The van der Waals surface area contributed by atoms with E-state index in [0.717, 1.165) is 19.3 Å². The van der Waals surface area contributed by atoms with E-state index in [1.165, 1.54) is 16.7 Å². The summed E-state index contributed by atoms with van der Waals surface area (Å²) in [6.07, 6.45) is 2.92. The van der Waals surface area contributed by atoms with Crippen LogP contribution in [0.4, 0.5) is 0 Å². The van der Waals surface area contributed by atoms with Crippen molar-refractivity contribution in [2.45, 2.75) is 58.2 Å². The van der Waals surface area contributed by atoms with E-state index in [9.17, 15) is 0 Å². The van der Waals surface area contributed by atoms with Crippen LogP contribution in [0, 0.1) is 0 Å². The van der Waals surface area contributed by atoms with Gasteiger partial charge in [0, 0.05) is 18.1 Å². The van der Waals surface area contributed by atoms with E-state index in [-0.39, 0.29) is 18.1 Å². The van der Waals surface area contributed by atoms with Crippen molar-refractivity contribution in [2.75, 3.05) is 0 Å². The van der Waals surface area contributed by atoms with Crippen molar-refractivity contribution < 1.29 is 0 Å². The standard InChI is InChI=1S/3C9H13N/c3*1-8(10)7-9-5-3-2-4-6-9/h3*2-6,8H,7,10H2,1H3/t2*8-;/m10./s1.